The Kier molecular flexibility index (Phi) is 9.90. The van der Waals surface area contributed by atoms with Gasteiger partial charge in [-0.1, -0.05) is 68.1 Å². The van der Waals surface area contributed by atoms with Gasteiger partial charge in [0.2, 0.25) is 5.91 Å². The first-order valence-electron chi connectivity index (χ1n) is 14.4. The summed E-state index contributed by atoms with van der Waals surface area (Å²) < 4.78 is 42.7. The van der Waals surface area contributed by atoms with Crippen LogP contribution in [0.25, 0.3) is 23.2 Å². The van der Waals surface area contributed by atoms with Crippen molar-refractivity contribution in [1.29, 1.82) is 0 Å². The summed E-state index contributed by atoms with van der Waals surface area (Å²) in [5, 5.41) is 7.60. The van der Waals surface area contributed by atoms with Gasteiger partial charge in [-0.05, 0) is 72.4 Å². The Morgan fingerprint density at radius 1 is 1.13 bits per heavy atom. The Labute approximate surface area is 268 Å². The zero-order chi connectivity index (χ0) is 32.8. The summed E-state index contributed by atoms with van der Waals surface area (Å²) in [5.74, 6) is 0.438. The molecule has 1 saturated heterocycles. The molecule has 3 amide bonds. The van der Waals surface area contributed by atoms with Crippen molar-refractivity contribution in [2.75, 3.05) is 17.2 Å². The molecule has 0 bridgehead atoms. The van der Waals surface area contributed by atoms with Crippen LogP contribution in [0, 0.1) is 6.92 Å². The monoisotopic (exact) mass is 648 g/mol. The molecule has 2 heterocycles. The fraction of sp³-hybridized carbons (Fsp3) is 0.242. The Hall–Kier alpha value is -4.91. The molecular formula is C33H31F3N6O3S. The number of aliphatic imine (C=N–C) groups is 1. The van der Waals surface area contributed by atoms with Crippen molar-refractivity contribution in [3.8, 4) is 22.8 Å². The van der Waals surface area contributed by atoms with E-state index in [1.807, 2.05) is 61.5 Å². The minimum atomic E-state index is -4.76. The molecule has 0 aliphatic carbocycles. The first-order valence-corrected chi connectivity index (χ1v) is 15.4. The molecule has 1 aliphatic rings. The maximum atomic E-state index is 12.8. The maximum absolute atomic E-state index is 12.8. The lowest BCUT2D eigenvalue weighted by atomic mass is 9.99. The second-order valence-corrected chi connectivity index (χ2v) is 11.7. The van der Waals surface area contributed by atoms with Gasteiger partial charge in [-0.3, -0.25) is 9.69 Å². The molecule has 4 aromatic rings. The molecule has 1 fully saturated rings. The average Bonchev–Trinajstić information content (AvgIpc) is 3.63. The largest absolute Gasteiger partial charge is 0.573 e. The third-order valence-corrected chi connectivity index (χ3v) is 7.80. The van der Waals surface area contributed by atoms with Gasteiger partial charge >= 0.3 is 12.4 Å². The summed E-state index contributed by atoms with van der Waals surface area (Å²) in [6.45, 7) is 6.44. The molecule has 0 radical (unpaired) electrons. The van der Waals surface area contributed by atoms with Gasteiger partial charge in [-0.15, -0.1) is 18.3 Å². The molecule has 5 rings (SSSR count). The number of amides is 3. The number of halogens is 3. The molecule has 0 atom stereocenters. The second kappa shape index (κ2) is 14.0. The van der Waals surface area contributed by atoms with Crippen LogP contribution in [0.5, 0.6) is 5.75 Å². The van der Waals surface area contributed by atoms with Crippen molar-refractivity contribution in [3.05, 3.63) is 95.8 Å². The predicted octanol–water partition coefficient (Wildman–Crippen LogP) is 7.51. The lowest BCUT2D eigenvalue weighted by Crippen LogP contribution is -2.32. The Morgan fingerprint density at radius 2 is 1.91 bits per heavy atom. The number of anilines is 1. The number of rotatable bonds is 9. The smallest absolute Gasteiger partial charge is 0.406 e. The molecule has 0 saturated carbocycles. The number of carbonyl (C=O) groups is 2. The van der Waals surface area contributed by atoms with Crippen LogP contribution in [0.1, 0.15) is 42.9 Å². The summed E-state index contributed by atoms with van der Waals surface area (Å²) >= 11 is 1.25. The van der Waals surface area contributed by atoms with Crippen LogP contribution >= 0.6 is 11.8 Å². The van der Waals surface area contributed by atoms with Crippen molar-refractivity contribution in [1.82, 2.24) is 20.1 Å². The zero-order valence-electron chi connectivity index (χ0n) is 25.3. The fourth-order valence-electron chi connectivity index (χ4n) is 4.73. The van der Waals surface area contributed by atoms with E-state index in [0.717, 1.165) is 27.9 Å². The molecular weight excluding hydrogens is 617 g/mol. The standard InChI is InChI=1S/C33H31F3N6O3S/c1-21(2)27-15-10-22(3)17-28(27)42-29(43)19-46-32(42)39-31(44)37-16-5-4-7-23-8-6-9-24(18-23)30-38-20-41(40-30)25-11-13-26(14-12-25)45-33(34,35)36/h4,6-15,17-18,20-21H,5,16,19H2,1-3H3,(H,37,44)/b7-4-,39-32-. The fourth-order valence-corrected chi connectivity index (χ4v) is 5.59. The Balaban J connectivity index is 1.16. The highest BCUT2D eigenvalue weighted by Gasteiger charge is 2.33. The van der Waals surface area contributed by atoms with Gasteiger partial charge in [0.25, 0.3) is 0 Å². The van der Waals surface area contributed by atoms with Gasteiger partial charge in [-0.2, -0.15) is 4.99 Å². The highest BCUT2D eigenvalue weighted by molar-refractivity contribution is 8.15. The number of thioether (sulfide) groups is 1. The molecule has 238 valence electrons. The average molecular weight is 649 g/mol. The number of amidine groups is 1. The van der Waals surface area contributed by atoms with E-state index in [4.69, 9.17) is 0 Å². The summed E-state index contributed by atoms with van der Waals surface area (Å²) in [6, 6.07) is 18.3. The van der Waals surface area contributed by atoms with Crippen LogP contribution in [0.15, 0.2) is 84.1 Å². The van der Waals surface area contributed by atoms with Crippen LogP contribution < -0.4 is 15.0 Å². The molecule has 9 nitrogen and oxygen atoms in total. The second-order valence-electron chi connectivity index (χ2n) is 10.7. The molecule has 1 aliphatic heterocycles. The Morgan fingerprint density at radius 3 is 2.65 bits per heavy atom. The van der Waals surface area contributed by atoms with Gasteiger partial charge in [-0.25, -0.2) is 14.5 Å². The first kappa shape index (κ1) is 32.5. The van der Waals surface area contributed by atoms with Crippen molar-refractivity contribution in [2.24, 2.45) is 4.99 Å². The van der Waals surface area contributed by atoms with E-state index in [9.17, 15) is 22.8 Å². The van der Waals surface area contributed by atoms with Crippen molar-refractivity contribution in [2.45, 2.75) is 39.5 Å². The molecule has 46 heavy (non-hydrogen) atoms. The van der Waals surface area contributed by atoms with Crippen molar-refractivity contribution < 1.29 is 27.5 Å². The van der Waals surface area contributed by atoms with Crippen LogP contribution in [0.4, 0.5) is 23.7 Å². The normalized spacial score (nSPS) is 14.5. The summed E-state index contributed by atoms with van der Waals surface area (Å²) in [4.78, 5) is 35.5. The number of aromatic nitrogens is 3. The highest BCUT2D eigenvalue weighted by Crippen LogP contribution is 2.34. The van der Waals surface area contributed by atoms with Crippen LogP contribution in [-0.4, -0.2) is 50.5 Å². The van der Waals surface area contributed by atoms with Crippen molar-refractivity contribution in [3.63, 3.8) is 0 Å². The highest BCUT2D eigenvalue weighted by atomic mass is 32.2. The van der Waals surface area contributed by atoms with Crippen LogP contribution in [0.3, 0.4) is 0 Å². The third kappa shape index (κ3) is 8.21. The summed E-state index contributed by atoms with van der Waals surface area (Å²) in [6.07, 6.45) is 1.10. The van der Waals surface area contributed by atoms with E-state index in [2.05, 4.69) is 39.0 Å². The molecule has 0 unspecified atom stereocenters. The number of alkyl halides is 3. The van der Waals surface area contributed by atoms with E-state index in [1.165, 1.54) is 47.0 Å². The van der Waals surface area contributed by atoms with E-state index in [0.29, 0.717) is 29.6 Å². The van der Waals surface area contributed by atoms with E-state index < -0.39 is 12.4 Å². The lowest BCUT2D eigenvalue weighted by molar-refractivity contribution is -0.274. The third-order valence-electron chi connectivity index (χ3n) is 6.88. The van der Waals surface area contributed by atoms with Gasteiger partial charge < -0.3 is 10.1 Å². The Bertz CT molecular complexity index is 1780. The van der Waals surface area contributed by atoms with E-state index >= 15 is 0 Å². The number of carbonyl (C=O) groups excluding carboxylic acids is 2. The van der Waals surface area contributed by atoms with E-state index in [1.54, 1.807) is 4.90 Å². The van der Waals surface area contributed by atoms with Crippen molar-refractivity contribution >= 4 is 40.6 Å². The maximum Gasteiger partial charge on any atom is 0.573 e. The number of hydrogen-bond acceptors (Lipinski definition) is 6. The minimum absolute atomic E-state index is 0.107. The van der Waals surface area contributed by atoms with Crippen LogP contribution in [0.2, 0.25) is 0 Å². The summed E-state index contributed by atoms with van der Waals surface area (Å²) in [5.41, 5.74) is 4.97. The number of nitrogens with one attached hydrogen (secondary N) is 1. The number of benzene rings is 3. The molecule has 13 heteroatoms. The number of nitrogens with zero attached hydrogens (tertiary/aromatic N) is 5. The molecule has 3 aromatic carbocycles. The van der Waals surface area contributed by atoms with Gasteiger partial charge in [0.1, 0.15) is 12.1 Å². The number of ether oxygens (including phenoxy) is 1. The predicted molar refractivity (Wildman–Crippen MR) is 173 cm³/mol. The molecule has 1 aromatic heterocycles. The minimum Gasteiger partial charge on any atom is -0.406 e. The molecule has 0 spiro atoms. The van der Waals surface area contributed by atoms with Gasteiger partial charge in [0.05, 0.1) is 17.1 Å². The van der Waals surface area contributed by atoms with Crippen LogP contribution in [-0.2, 0) is 4.79 Å². The zero-order valence-corrected chi connectivity index (χ0v) is 26.1. The first-order chi connectivity index (χ1) is 22.0. The molecule has 1 N–H and O–H groups in total. The lowest BCUT2D eigenvalue weighted by Gasteiger charge is -2.22. The SMILES string of the molecule is Cc1ccc(C(C)C)c(N2C(=O)CS/C2=N\C(=O)NCC/C=C\c2cccc(-c3ncn(-c4ccc(OC(F)(F)F)cc4)n3)c2)c1. The number of urea groups is 1. The topological polar surface area (TPSA) is 102 Å². The van der Waals surface area contributed by atoms with Gasteiger partial charge in [0, 0.05) is 12.1 Å². The quantitative estimate of drug-likeness (QED) is 0.189. The number of aryl methyl sites for hydroxylation is 1. The number of hydrogen-bond donors (Lipinski definition) is 1. The summed E-state index contributed by atoms with van der Waals surface area (Å²) in [7, 11) is 0. The van der Waals surface area contributed by atoms with E-state index in [-0.39, 0.29) is 23.3 Å². The van der Waals surface area contributed by atoms with Gasteiger partial charge in [0.15, 0.2) is 11.0 Å².